The first-order valence-electron chi connectivity index (χ1n) is 3.56. The summed E-state index contributed by atoms with van der Waals surface area (Å²) in [5, 5.41) is 12.7. The minimum absolute atomic E-state index is 0.452. The molecule has 2 N–H and O–H groups in total. The third-order valence-corrected chi connectivity index (χ3v) is 1.95. The van der Waals surface area contributed by atoms with Crippen molar-refractivity contribution >= 4 is 0 Å². The summed E-state index contributed by atoms with van der Waals surface area (Å²) < 4.78 is 0. The number of hydrogen-bond acceptors (Lipinski definition) is 2. The van der Waals surface area contributed by atoms with Crippen LogP contribution in [0.15, 0.2) is 0 Å². The van der Waals surface area contributed by atoms with Crippen molar-refractivity contribution < 1.29 is 5.11 Å². The molecular weight excluding hydrogens is 114 g/mol. The fourth-order valence-corrected chi connectivity index (χ4v) is 1.11. The molecule has 54 valence electrons. The Kier molecular flexibility index (Phi) is 1.78. The summed E-state index contributed by atoms with van der Waals surface area (Å²) in [6, 6.07) is 0.588. The van der Waals surface area contributed by atoms with Crippen molar-refractivity contribution in [3.63, 3.8) is 0 Å². The minimum atomic E-state index is -0.452. The highest BCUT2D eigenvalue weighted by Crippen LogP contribution is 2.17. The first kappa shape index (κ1) is 7.03. The Bertz CT molecular complexity index is 91.1. The van der Waals surface area contributed by atoms with Crippen molar-refractivity contribution in [3.8, 4) is 0 Å². The average molecular weight is 129 g/mol. The van der Waals surface area contributed by atoms with E-state index in [1.165, 1.54) is 0 Å². The van der Waals surface area contributed by atoms with Crippen LogP contribution >= 0.6 is 0 Å². The lowest BCUT2D eigenvalue weighted by atomic mass is 9.93. The van der Waals surface area contributed by atoms with E-state index < -0.39 is 5.60 Å². The van der Waals surface area contributed by atoms with Gasteiger partial charge in [-0.2, -0.15) is 0 Å². The van der Waals surface area contributed by atoms with Crippen LogP contribution in [0.5, 0.6) is 0 Å². The molecule has 1 heterocycles. The van der Waals surface area contributed by atoms with Crippen molar-refractivity contribution in [1.29, 1.82) is 0 Å². The van der Waals surface area contributed by atoms with Gasteiger partial charge in [0.2, 0.25) is 0 Å². The summed E-state index contributed by atoms with van der Waals surface area (Å²) in [6.45, 7) is 4.77. The molecule has 0 aromatic rings. The van der Waals surface area contributed by atoms with Gasteiger partial charge in [-0.15, -0.1) is 0 Å². The van der Waals surface area contributed by atoms with Crippen molar-refractivity contribution in [2.24, 2.45) is 0 Å². The molecule has 0 bridgehead atoms. The molecule has 0 saturated carbocycles. The number of hydrogen-bond donors (Lipinski definition) is 2. The zero-order chi connectivity index (χ0) is 6.91. The molecule has 1 aliphatic rings. The molecule has 9 heavy (non-hydrogen) atoms. The molecule has 0 aromatic heterocycles. The molecule has 1 rings (SSSR count). The maximum Gasteiger partial charge on any atom is 0.0744 e. The number of piperidine rings is 1. The molecule has 0 aromatic carbocycles. The third-order valence-electron chi connectivity index (χ3n) is 1.95. The van der Waals surface area contributed by atoms with Crippen LogP contribution in [-0.4, -0.2) is 23.3 Å². The molecule has 2 atom stereocenters. The topological polar surface area (TPSA) is 32.3 Å². The van der Waals surface area contributed by atoms with Gasteiger partial charge in [-0.05, 0) is 26.7 Å². The van der Waals surface area contributed by atoms with Crippen molar-refractivity contribution in [1.82, 2.24) is 5.32 Å². The Labute approximate surface area is 56.3 Å². The Morgan fingerprint density at radius 1 is 1.67 bits per heavy atom. The highest BCUT2D eigenvalue weighted by atomic mass is 16.3. The Morgan fingerprint density at radius 3 is 2.67 bits per heavy atom. The molecule has 2 heteroatoms. The maximum absolute atomic E-state index is 9.43. The van der Waals surface area contributed by atoms with E-state index in [2.05, 4.69) is 12.2 Å². The summed E-state index contributed by atoms with van der Waals surface area (Å²) in [6.07, 6.45) is 2.02. The lowest BCUT2D eigenvalue weighted by molar-refractivity contribution is 0.0260. The molecule has 0 aliphatic carbocycles. The molecule has 0 spiro atoms. The molecule has 0 radical (unpaired) electrons. The highest BCUT2D eigenvalue weighted by Gasteiger charge is 2.25. The van der Waals surface area contributed by atoms with Gasteiger partial charge in [0.1, 0.15) is 0 Å². The Hall–Kier alpha value is -0.0800. The Balaban J connectivity index is 2.35. The molecule has 1 saturated heterocycles. The van der Waals surface area contributed by atoms with Gasteiger partial charge in [-0.1, -0.05) is 0 Å². The van der Waals surface area contributed by atoms with Crippen molar-refractivity contribution in [2.75, 3.05) is 6.54 Å². The lowest BCUT2D eigenvalue weighted by Crippen LogP contribution is -2.47. The zero-order valence-corrected chi connectivity index (χ0v) is 6.15. The van der Waals surface area contributed by atoms with E-state index in [1.807, 2.05) is 6.92 Å². The first-order chi connectivity index (χ1) is 4.10. The van der Waals surface area contributed by atoms with Gasteiger partial charge in [-0.25, -0.2) is 0 Å². The van der Waals surface area contributed by atoms with Gasteiger partial charge in [0.05, 0.1) is 5.60 Å². The second kappa shape index (κ2) is 2.27. The van der Waals surface area contributed by atoms with E-state index in [1.54, 1.807) is 0 Å². The van der Waals surface area contributed by atoms with Crippen molar-refractivity contribution in [2.45, 2.75) is 38.3 Å². The molecule has 0 amide bonds. The van der Waals surface area contributed by atoms with Crippen LogP contribution in [0.3, 0.4) is 0 Å². The van der Waals surface area contributed by atoms with Crippen LogP contribution in [0, 0.1) is 0 Å². The van der Waals surface area contributed by atoms with E-state index >= 15 is 0 Å². The van der Waals surface area contributed by atoms with Crippen LogP contribution in [0.25, 0.3) is 0 Å². The van der Waals surface area contributed by atoms with Crippen LogP contribution in [0.4, 0.5) is 0 Å². The van der Waals surface area contributed by atoms with Gasteiger partial charge >= 0.3 is 0 Å². The van der Waals surface area contributed by atoms with E-state index in [9.17, 15) is 5.11 Å². The van der Waals surface area contributed by atoms with Gasteiger partial charge in [0, 0.05) is 12.6 Å². The number of aliphatic hydroxyl groups is 1. The highest BCUT2D eigenvalue weighted by molar-refractivity contribution is 4.83. The summed E-state index contributed by atoms with van der Waals surface area (Å²) in [5.41, 5.74) is -0.452. The second-order valence-electron chi connectivity index (χ2n) is 3.32. The summed E-state index contributed by atoms with van der Waals surface area (Å²) in [4.78, 5) is 0. The maximum atomic E-state index is 9.43. The zero-order valence-electron chi connectivity index (χ0n) is 6.15. The molecule has 1 aliphatic heterocycles. The molecule has 1 unspecified atom stereocenters. The standard InChI is InChI=1S/C7H15NO/c1-6-3-4-7(2,9)5-8-6/h6,8-9H,3-5H2,1-2H3/t6-,7?/m0/s1. The number of β-amino-alcohol motifs (C(OH)–C–C–N with tert-alkyl or cyclic N) is 1. The molecule has 1 fully saturated rings. The second-order valence-corrected chi connectivity index (χ2v) is 3.32. The average Bonchev–Trinajstić information content (AvgIpc) is 1.78. The predicted molar refractivity (Wildman–Crippen MR) is 37.3 cm³/mol. The van der Waals surface area contributed by atoms with Crippen LogP contribution in [0.1, 0.15) is 26.7 Å². The Morgan fingerprint density at radius 2 is 2.33 bits per heavy atom. The fraction of sp³-hybridized carbons (Fsp3) is 1.00. The van der Waals surface area contributed by atoms with E-state index in [0.29, 0.717) is 6.04 Å². The van der Waals surface area contributed by atoms with Crippen LogP contribution in [0.2, 0.25) is 0 Å². The number of nitrogens with one attached hydrogen (secondary N) is 1. The summed E-state index contributed by atoms with van der Waals surface area (Å²) in [7, 11) is 0. The minimum Gasteiger partial charge on any atom is -0.389 e. The van der Waals surface area contributed by atoms with E-state index in [-0.39, 0.29) is 0 Å². The monoisotopic (exact) mass is 129 g/mol. The van der Waals surface area contributed by atoms with Gasteiger partial charge in [0.15, 0.2) is 0 Å². The first-order valence-corrected chi connectivity index (χ1v) is 3.56. The fourth-order valence-electron chi connectivity index (χ4n) is 1.11. The molecular formula is C7H15NO. The smallest absolute Gasteiger partial charge is 0.0744 e. The van der Waals surface area contributed by atoms with Crippen LogP contribution in [-0.2, 0) is 0 Å². The molecule has 2 nitrogen and oxygen atoms in total. The SMILES string of the molecule is C[C@H]1CCC(C)(O)CN1. The van der Waals surface area contributed by atoms with E-state index in [4.69, 9.17) is 0 Å². The number of rotatable bonds is 0. The quantitative estimate of drug-likeness (QED) is 0.499. The van der Waals surface area contributed by atoms with Gasteiger partial charge < -0.3 is 10.4 Å². The van der Waals surface area contributed by atoms with Gasteiger partial charge in [-0.3, -0.25) is 0 Å². The largest absolute Gasteiger partial charge is 0.389 e. The predicted octanol–water partition coefficient (Wildman–Crippen LogP) is 0.509. The van der Waals surface area contributed by atoms with Gasteiger partial charge in [0.25, 0.3) is 0 Å². The summed E-state index contributed by atoms with van der Waals surface area (Å²) in [5.74, 6) is 0. The third kappa shape index (κ3) is 1.95. The van der Waals surface area contributed by atoms with Crippen LogP contribution < -0.4 is 5.32 Å². The lowest BCUT2D eigenvalue weighted by Gasteiger charge is -2.32. The van der Waals surface area contributed by atoms with Crippen molar-refractivity contribution in [3.05, 3.63) is 0 Å². The van der Waals surface area contributed by atoms with E-state index in [0.717, 1.165) is 19.4 Å². The normalized spacial score (nSPS) is 45.0. The summed E-state index contributed by atoms with van der Waals surface area (Å²) >= 11 is 0.